The average molecular weight is 266 g/mol. The first-order chi connectivity index (χ1) is 9.12. The third-order valence-corrected chi connectivity index (χ3v) is 3.14. The first-order valence-electron chi connectivity index (χ1n) is 7.02. The molecule has 1 heterocycles. The molecule has 0 amide bonds. The molecule has 5 nitrogen and oxygen atoms in total. The molecule has 0 aliphatic carbocycles. The maximum absolute atomic E-state index is 8.92. The third kappa shape index (κ3) is 4.67. The van der Waals surface area contributed by atoms with E-state index in [-0.39, 0.29) is 6.61 Å². The molecule has 108 valence electrons. The number of nitrogens with one attached hydrogen (secondary N) is 2. The Kier molecular flexibility index (Phi) is 6.56. The minimum atomic E-state index is 0.231. The third-order valence-electron chi connectivity index (χ3n) is 3.14. The molecular formula is C14H26N4O. The van der Waals surface area contributed by atoms with Crippen LogP contribution in [0.15, 0.2) is 0 Å². The van der Waals surface area contributed by atoms with Crippen LogP contribution in [0.25, 0.3) is 0 Å². The van der Waals surface area contributed by atoms with Gasteiger partial charge in [0.1, 0.15) is 17.5 Å². The molecule has 0 fully saturated rings. The second-order valence-corrected chi connectivity index (χ2v) is 4.96. The highest BCUT2D eigenvalue weighted by molar-refractivity contribution is 5.57. The zero-order valence-electron chi connectivity index (χ0n) is 12.5. The van der Waals surface area contributed by atoms with Crippen molar-refractivity contribution >= 4 is 11.6 Å². The van der Waals surface area contributed by atoms with Gasteiger partial charge in [0, 0.05) is 32.2 Å². The van der Waals surface area contributed by atoms with Gasteiger partial charge in [0.2, 0.25) is 0 Å². The van der Waals surface area contributed by atoms with E-state index in [0.29, 0.717) is 5.92 Å². The highest BCUT2D eigenvalue weighted by atomic mass is 16.3. The molecule has 0 aliphatic rings. The zero-order chi connectivity index (χ0) is 14.3. The Labute approximate surface area is 115 Å². The van der Waals surface area contributed by atoms with Crippen molar-refractivity contribution in [3.63, 3.8) is 0 Å². The number of aliphatic hydroxyl groups excluding tert-OH is 1. The molecule has 0 aliphatic heterocycles. The van der Waals surface area contributed by atoms with Gasteiger partial charge in [-0.2, -0.15) is 0 Å². The van der Waals surface area contributed by atoms with Crippen LogP contribution in [-0.4, -0.2) is 35.3 Å². The van der Waals surface area contributed by atoms with Crippen molar-refractivity contribution in [2.45, 2.75) is 40.0 Å². The molecule has 1 rings (SSSR count). The molecule has 0 bridgehead atoms. The first-order valence-corrected chi connectivity index (χ1v) is 7.02. The summed E-state index contributed by atoms with van der Waals surface area (Å²) >= 11 is 0. The zero-order valence-corrected chi connectivity index (χ0v) is 12.5. The first kappa shape index (κ1) is 15.7. The average Bonchev–Trinajstić information content (AvgIpc) is 2.39. The van der Waals surface area contributed by atoms with Gasteiger partial charge in [-0.05, 0) is 25.7 Å². The van der Waals surface area contributed by atoms with Crippen LogP contribution in [0.1, 0.15) is 38.1 Å². The lowest BCUT2D eigenvalue weighted by Gasteiger charge is -2.16. The maximum atomic E-state index is 8.92. The molecule has 0 aromatic carbocycles. The van der Waals surface area contributed by atoms with Gasteiger partial charge in [-0.25, -0.2) is 9.97 Å². The summed E-state index contributed by atoms with van der Waals surface area (Å²) < 4.78 is 0. The molecule has 1 aromatic rings. The van der Waals surface area contributed by atoms with Gasteiger partial charge in [0.25, 0.3) is 0 Å². The van der Waals surface area contributed by atoms with Crippen LogP contribution in [0.2, 0.25) is 0 Å². The van der Waals surface area contributed by atoms with Crippen molar-refractivity contribution in [1.82, 2.24) is 9.97 Å². The number of nitrogens with zero attached hydrogens (tertiary/aromatic N) is 2. The monoisotopic (exact) mass is 266 g/mol. The van der Waals surface area contributed by atoms with Crippen molar-refractivity contribution in [2.24, 2.45) is 5.92 Å². The molecule has 0 saturated carbocycles. The van der Waals surface area contributed by atoms with E-state index in [2.05, 4.69) is 34.4 Å². The Hall–Kier alpha value is -1.36. The van der Waals surface area contributed by atoms with E-state index in [1.165, 1.54) is 0 Å². The lowest BCUT2D eigenvalue weighted by Crippen LogP contribution is -2.16. The summed E-state index contributed by atoms with van der Waals surface area (Å²) in [6.45, 7) is 7.30. The summed E-state index contributed by atoms with van der Waals surface area (Å²) in [5.74, 6) is 3.07. The lowest BCUT2D eigenvalue weighted by atomic mass is 10.1. The fourth-order valence-corrected chi connectivity index (χ4v) is 1.91. The number of anilines is 2. The van der Waals surface area contributed by atoms with E-state index >= 15 is 0 Å². The number of hydrogen-bond donors (Lipinski definition) is 3. The smallest absolute Gasteiger partial charge is 0.134 e. The molecule has 1 unspecified atom stereocenters. The largest absolute Gasteiger partial charge is 0.396 e. The van der Waals surface area contributed by atoms with Gasteiger partial charge in [0.05, 0.1) is 0 Å². The Morgan fingerprint density at radius 2 is 1.95 bits per heavy atom. The van der Waals surface area contributed by atoms with Gasteiger partial charge in [0.15, 0.2) is 0 Å². The molecule has 0 saturated heterocycles. The summed E-state index contributed by atoms with van der Waals surface area (Å²) in [5, 5.41) is 15.4. The van der Waals surface area contributed by atoms with Crippen molar-refractivity contribution in [3.05, 3.63) is 11.4 Å². The number of hydrogen-bond acceptors (Lipinski definition) is 5. The van der Waals surface area contributed by atoms with Crippen LogP contribution in [0, 0.1) is 12.8 Å². The van der Waals surface area contributed by atoms with Gasteiger partial charge in [-0.15, -0.1) is 0 Å². The van der Waals surface area contributed by atoms with E-state index in [1.54, 1.807) is 0 Å². The van der Waals surface area contributed by atoms with Gasteiger partial charge < -0.3 is 15.7 Å². The molecule has 3 N–H and O–H groups in total. The number of aromatic nitrogens is 2. The summed E-state index contributed by atoms with van der Waals surface area (Å²) in [6, 6.07) is 0. The summed E-state index contributed by atoms with van der Waals surface area (Å²) in [4.78, 5) is 9.08. The summed E-state index contributed by atoms with van der Waals surface area (Å²) in [5.41, 5.74) is 1.04. The Morgan fingerprint density at radius 3 is 2.53 bits per heavy atom. The van der Waals surface area contributed by atoms with E-state index in [0.717, 1.165) is 48.8 Å². The Balaban J connectivity index is 2.82. The fraction of sp³-hybridized carbons (Fsp3) is 0.714. The van der Waals surface area contributed by atoms with Crippen LogP contribution in [0.3, 0.4) is 0 Å². The van der Waals surface area contributed by atoms with E-state index in [9.17, 15) is 0 Å². The summed E-state index contributed by atoms with van der Waals surface area (Å²) in [7, 11) is 1.88. The maximum Gasteiger partial charge on any atom is 0.134 e. The Morgan fingerprint density at radius 1 is 1.26 bits per heavy atom. The van der Waals surface area contributed by atoms with Crippen molar-refractivity contribution in [3.8, 4) is 0 Å². The predicted octanol–water partition coefficient (Wildman–Crippen LogP) is 2.21. The standard InChI is InChI=1S/C14H26N4O/c1-5-6-12-17-13(15-4)11(3)14(18-12)16-9-10(2)7-8-19/h10,19H,5-9H2,1-4H3,(H2,15,16,17,18). The Bertz CT molecular complexity index is 395. The normalized spacial score (nSPS) is 12.3. The van der Waals surface area contributed by atoms with E-state index in [1.807, 2.05) is 14.0 Å². The van der Waals surface area contributed by atoms with Gasteiger partial charge in [-0.3, -0.25) is 0 Å². The van der Waals surface area contributed by atoms with Gasteiger partial charge in [-0.1, -0.05) is 13.8 Å². The molecule has 19 heavy (non-hydrogen) atoms. The number of aryl methyl sites for hydroxylation is 1. The molecule has 5 heteroatoms. The van der Waals surface area contributed by atoms with Crippen molar-refractivity contribution in [2.75, 3.05) is 30.8 Å². The van der Waals surface area contributed by atoms with Crippen molar-refractivity contribution < 1.29 is 5.11 Å². The van der Waals surface area contributed by atoms with Crippen LogP contribution >= 0.6 is 0 Å². The van der Waals surface area contributed by atoms with Gasteiger partial charge >= 0.3 is 0 Å². The second kappa shape index (κ2) is 7.94. The highest BCUT2D eigenvalue weighted by Crippen LogP contribution is 2.20. The SMILES string of the molecule is CCCc1nc(NC)c(C)c(NCC(C)CCO)n1. The minimum absolute atomic E-state index is 0.231. The summed E-state index contributed by atoms with van der Waals surface area (Å²) in [6.07, 6.45) is 2.72. The van der Waals surface area contributed by atoms with Crippen LogP contribution in [0.4, 0.5) is 11.6 Å². The van der Waals surface area contributed by atoms with E-state index < -0.39 is 0 Å². The topological polar surface area (TPSA) is 70.1 Å². The number of aliphatic hydroxyl groups is 1. The molecular weight excluding hydrogens is 240 g/mol. The van der Waals surface area contributed by atoms with Crippen LogP contribution in [-0.2, 0) is 6.42 Å². The van der Waals surface area contributed by atoms with Crippen LogP contribution in [0.5, 0.6) is 0 Å². The molecule has 1 aromatic heterocycles. The molecule has 0 radical (unpaired) electrons. The predicted molar refractivity (Wildman–Crippen MR) is 79.7 cm³/mol. The van der Waals surface area contributed by atoms with Crippen molar-refractivity contribution in [1.29, 1.82) is 0 Å². The second-order valence-electron chi connectivity index (χ2n) is 4.96. The van der Waals surface area contributed by atoms with E-state index in [4.69, 9.17) is 5.11 Å². The quantitative estimate of drug-likeness (QED) is 0.673. The number of rotatable bonds is 8. The highest BCUT2D eigenvalue weighted by Gasteiger charge is 2.10. The molecule has 0 spiro atoms. The fourth-order valence-electron chi connectivity index (χ4n) is 1.91. The molecule has 1 atom stereocenters. The minimum Gasteiger partial charge on any atom is -0.396 e. The lowest BCUT2D eigenvalue weighted by molar-refractivity contribution is 0.266. The van der Waals surface area contributed by atoms with Crippen LogP contribution < -0.4 is 10.6 Å².